The molecule has 0 bridgehead atoms. The van der Waals surface area contributed by atoms with E-state index < -0.39 is 0 Å². The number of nitrogens with zero attached hydrogens (tertiary/aromatic N) is 3. The zero-order valence-corrected chi connectivity index (χ0v) is 28.5. The summed E-state index contributed by atoms with van der Waals surface area (Å²) in [6.45, 7) is 0. The Hall–Kier alpha value is -7.17. The molecule has 0 fully saturated rings. The molecule has 0 aliphatic carbocycles. The van der Waals surface area contributed by atoms with Gasteiger partial charge in [0.15, 0.2) is 17.5 Å². The molecule has 4 heteroatoms. The summed E-state index contributed by atoms with van der Waals surface area (Å²) in [6, 6.07) is 61.7. The van der Waals surface area contributed by atoms with Gasteiger partial charge in [0.25, 0.3) is 0 Å². The van der Waals surface area contributed by atoms with Crippen LogP contribution in [-0.4, -0.2) is 15.0 Å². The van der Waals surface area contributed by atoms with Gasteiger partial charge in [-0.1, -0.05) is 140 Å². The minimum atomic E-state index is 0.609. The Labute approximate surface area is 304 Å². The van der Waals surface area contributed by atoms with Crippen LogP contribution in [0.2, 0.25) is 0 Å². The average molecular weight is 676 g/mol. The fourth-order valence-corrected chi connectivity index (χ4v) is 7.84. The van der Waals surface area contributed by atoms with Gasteiger partial charge in [-0.25, -0.2) is 15.0 Å². The zero-order chi connectivity index (χ0) is 34.9. The topological polar surface area (TPSA) is 51.8 Å². The monoisotopic (exact) mass is 675 g/mol. The third kappa shape index (κ3) is 4.88. The normalized spacial score (nSPS) is 11.8. The van der Waals surface area contributed by atoms with Gasteiger partial charge in [0, 0.05) is 32.8 Å². The minimum Gasteiger partial charge on any atom is -0.455 e. The summed E-state index contributed by atoms with van der Waals surface area (Å²) >= 11 is 0. The van der Waals surface area contributed by atoms with Crippen LogP contribution in [0.3, 0.4) is 0 Å². The molecule has 4 nitrogen and oxygen atoms in total. The second-order valence-corrected chi connectivity index (χ2v) is 13.6. The van der Waals surface area contributed by atoms with Crippen LogP contribution in [0.15, 0.2) is 180 Å². The van der Waals surface area contributed by atoms with Crippen LogP contribution in [0, 0.1) is 0 Å². The van der Waals surface area contributed by atoms with E-state index in [0.29, 0.717) is 17.5 Å². The van der Waals surface area contributed by atoms with Gasteiger partial charge in [-0.05, 0) is 85.2 Å². The van der Waals surface area contributed by atoms with Crippen molar-refractivity contribution < 1.29 is 4.42 Å². The number of benzene rings is 9. The first-order valence-electron chi connectivity index (χ1n) is 17.8. The second-order valence-electron chi connectivity index (χ2n) is 13.6. The van der Waals surface area contributed by atoms with Crippen LogP contribution in [0.4, 0.5) is 0 Å². The molecule has 2 aromatic heterocycles. The maximum atomic E-state index is 6.64. The molecule has 0 saturated heterocycles. The van der Waals surface area contributed by atoms with E-state index in [1.165, 1.54) is 27.3 Å². The third-order valence-corrected chi connectivity index (χ3v) is 10.5. The third-order valence-electron chi connectivity index (χ3n) is 10.5. The molecule has 0 N–H and O–H groups in total. The highest BCUT2D eigenvalue weighted by atomic mass is 16.3. The first-order valence-corrected chi connectivity index (χ1v) is 17.8. The van der Waals surface area contributed by atoms with Crippen LogP contribution in [0.1, 0.15) is 0 Å². The van der Waals surface area contributed by atoms with Crippen molar-refractivity contribution in [3.05, 3.63) is 176 Å². The molecular formula is C49H29N3O. The Morgan fingerprint density at radius 2 is 0.849 bits per heavy atom. The van der Waals surface area contributed by atoms with Crippen molar-refractivity contribution in [3.8, 4) is 45.3 Å². The lowest BCUT2D eigenvalue weighted by Crippen LogP contribution is -2.00. The zero-order valence-electron chi connectivity index (χ0n) is 28.5. The first kappa shape index (κ1) is 29.5. The number of rotatable bonds is 4. The van der Waals surface area contributed by atoms with Crippen LogP contribution < -0.4 is 0 Å². The first-order chi connectivity index (χ1) is 26.2. The van der Waals surface area contributed by atoms with Crippen LogP contribution in [-0.2, 0) is 0 Å². The molecule has 2 heterocycles. The van der Waals surface area contributed by atoms with Gasteiger partial charge in [-0.15, -0.1) is 0 Å². The van der Waals surface area contributed by atoms with Crippen molar-refractivity contribution in [2.24, 2.45) is 0 Å². The molecule has 246 valence electrons. The Morgan fingerprint density at radius 3 is 1.60 bits per heavy atom. The van der Waals surface area contributed by atoms with Crippen LogP contribution in [0.25, 0.3) is 110 Å². The summed E-state index contributed by atoms with van der Waals surface area (Å²) in [4.78, 5) is 15.4. The Balaban J connectivity index is 1.14. The molecule has 0 unspecified atom stereocenters. The molecule has 0 aliphatic rings. The van der Waals surface area contributed by atoms with E-state index in [9.17, 15) is 0 Å². The van der Waals surface area contributed by atoms with Crippen LogP contribution >= 0.6 is 0 Å². The molecule has 0 radical (unpaired) electrons. The molecule has 0 saturated carbocycles. The molecule has 9 aromatic carbocycles. The Morgan fingerprint density at radius 1 is 0.302 bits per heavy atom. The molecule has 0 amide bonds. The van der Waals surface area contributed by atoms with Crippen molar-refractivity contribution >= 4 is 65.0 Å². The van der Waals surface area contributed by atoms with Gasteiger partial charge in [-0.3, -0.25) is 0 Å². The van der Waals surface area contributed by atoms with Gasteiger partial charge < -0.3 is 4.42 Å². The standard InChI is InChI=1S/C49H29N3O/c1-3-13-33-26-35(22-20-30(33)10-1)42-29-44-43-28-37(24-25-45(43)53-46(44)40-18-8-7-17-39(40)42)48-50-47(36-23-21-31-11-2-4-14-34(31)27-36)51-49(52-48)41-19-9-15-32-12-5-6-16-38(32)41/h1-29H. The Bertz CT molecular complexity index is 3250. The fraction of sp³-hybridized carbons (Fsp3) is 0. The molecule has 11 rings (SSSR count). The lowest BCUT2D eigenvalue weighted by Gasteiger charge is -2.11. The van der Waals surface area contributed by atoms with E-state index in [2.05, 4.69) is 170 Å². The predicted molar refractivity (Wildman–Crippen MR) is 219 cm³/mol. The molecule has 11 aromatic rings. The predicted octanol–water partition coefficient (Wildman–Crippen LogP) is 13.1. The number of hydrogen-bond donors (Lipinski definition) is 0. The summed E-state index contributed by atoms with van der Waals surface area (Å²) in [5.74, 6) is 1.87. The van der Waals surface area contributed by atoms with Gasteiger partial charge in [0.05, 0.1) is 0 Å². The summed E-state index contributed by atoms with van der Waals surface area (Å²) < 4.78 is 6.64. The van der Waals surface area contributed by atoms with E-state index in [1.807, 2.05) is 6.07 Å². The Kier molecular flexibility index (Phi) is 6.52. The van der Waals surface area contributed by atoms with Crippen molar-refractivity contribution in [2.45, 2.75) is 0 Å². The van der Waals surface area contributed by atoms with E-state index in [0.717, 1.165) is 65.6 Å². The molecule has 0 spiro atoms. The molecule has 53 heavy (non-hydrogen) atoms. The van der Waals surface area contributed by atoms with E-state index in [-0.39, 0.29) is 0 Å². The highest BCUT2D eigenvalue weighted by Crippen LogP contribution is 2.41. The fourth-order valence-electron chi connectivity index (χ4n) is 7.84. The SMILES string of the molecule is c1ccc2cc(-c3nc(-c4ccc5oc6c7ccccc7c(-c7ccc8ccccc8c7)cc6c5c4)nc(-c4cccc5ccccc45)n3)ccc2c1. The average Bonchev–Trinajstić information content (AvgIpc) is 3.61. The van der Waals surface area contributed by atoms with Crippen molar-refractivity contribution in [2.75, 3.05) is 0 Å². The second kappa shape index (κ2) is 11.7. The maximum absolute atomic E-state index is 6.64. The van der Waals surface area contributed by atoms with E-state index in [1.54, 1.807) is 0 Å². The van der Waals surface area contributed by atoms with Crippen molar-refractivity contribution in [1.29, 1.82) is 0 Å². The number of fused-ring (bicyclic) bond motifs is 8. The summed E-state index contributed by atoms with van der Waals surface area (Å²) in [5.41, 5.74) is 6.84. The van der Waals surface area contributed by atoms with Gasteiger partial charge >= 0.3 is 0 Å². The molecule has 0 aliphatic heterocycles. The quantitative estimate of drug-likeness (QED) is 0.186. The molecule has 0 atom stereocenters. The number of aromatic nitrogens is 3. The van der Waals surface area contributed by atoms with Crippen molar-refractivity contribution in [3.63, 3.8) is 0 Å². The number of hydrogen-bond acceptors (Lipinski definition) is 4. The summed E-state index contributed by atoms with van der Waals surface area (Å²) in [6.07, 6.45) is 0. The smallest absolute Gasteiger partial charge is 0.164 e. The van der Waals surface area contributed by atoms with Crippen LogP contribution in [0.5, 0.6) is 0 Å². The summed E-state index contributed by atoms with van der Waals surface area (Å²) in [5, 5.41) is 11.3. The lowest BCUT2D eigenvalue weighted by atomic mass is 9.94. The van der Waals surface area contributed by atoms with E-state index >= 15 is 0 Å². The summed E-state index contributed by atoms with van der Waals surface area (Å²) in [7, 11) is 0. The van der Waals surface area contributed by atoms with Crippen molar-refractivity contribution in [1.82, 2.24) is 15.0 Å². The van der Waals surface area contributed by atoms with Gasteiger partial charge in [-0.2, -0.15) is 0 Å². The lowest BCUT2D eigenvalue weighted by molar-refractivity contribution is 0.672. The molecular weight excluding hydrogens is 647 g/mol. The number of furan rings is 1. The minimum absolute atomic E-state index is 0.609. The highest BCUT2D eigenvalue weighted by molar-refractivity contribution is 6.19. The highest BCUT2D eigenvalue weighted by Gasteiger charge is 2.19. The van der Waals surface area contributed by atoms with Gasteiger partial charge in [0.1, 0.15) is 11.2 Å². The largest absolute Gasteiger partial charge is 0.455 e. The van der Waals surface area contributed by atoms with E-state index in [4.69, 9.17) is 19.4 Å². The van der Waals surface area contributed by atoms with Gasteiger partial charge in [0.2, 0.25) is 0 Å². The maximum Gasteiger partial charge on any atom is 0.164 e.